The van der Waals surface area contributed by atoms with Crippen molar-refractivity contribution in [2.24, 2.45) is 5.84 Å². The van der Waals surface area contributed by atoms with E-state index in [1.165, 1.54) is 6.07 Å². The van der Waals surface area contributed by atoms with E-state index < -0.39 is 4.92 Å². The van der Waals surface area contributed by atoms with Gasteiger partial charge in [0.15, 0.2) is 0 Å². The highest BCUT2D eigenvalue weighted by molar-refractivity contribution is 5.62. The molecule has 0 unspecified atom stereocenters. The maximum atomic E-state index is 10.8. The summed E-state index contributed by atoms with van der Waals surface area (Å²) >= 11 is 0. The van der Waals surface area contributed by atoms with E-state index in [2.05, 4.69) is 5.43 Å². The van der Waals surface area contributed by atoms with E-state index in [0.717, 1.165) is 5.56 Å². The van der Waals surface area contributed by atoms with Crippen molar-refractivity contribution in [3.8, 4) is 11.5 Å². The molecule has 3 N–H and O–H groups in total. The molecule has 0 spiro atoms. The van der Waals surface area contributed by atoms with Gasteiger partial charge in [0.1, 0.15) is 23.8 Å². The first-order valence-corrected chi connectivity index (χ1v) is 6.15. The van der Waals surface area contributed by atoms with Crippen LogP contribution < -0.4 is 20.7 Å². The Morgan fingerprint density at radius 3 is 2.67 bits per heavy atom. The molecule has 7 heteroatoms. The molecular weight excluding hydrogens is 274 g/mol. The molecule has 0 fully saturated rings. The Labute approximate surface area is 121 Å². The molecule has 21 heavy (non-hydrogen) atoms. The molecule has 2 aromatic carbocycles. The number of anilines is 1. The van der Waals surface area contributed by atoms with E-state index in [4.69, 9.17) is 15.3 Å². The first kappa shape index (κ1) is 14.6. The number of rotatable bonds is 6. The highest BCUT2D eigenvalue weighted by Gasteiger charge is 2.13. The molecule has 0 heterocycles. The third-order valence-electron chi connectivity index (χ3n) is 2.86. The number of nitrogens with two attached hydrogens (primary N) is 1. The van der Waals surface area contributed by atoms with Gasteiger partial charge in [-0.25, -0.2) is 0 Å². The maximum Gasteiger partial charge on any atom is 0.293 e. The second-order valence-electron chi connectivity index (χ2n) is 4.22. The Morgan fingerprint density at radius 2 is 2.00 bits per heavy atom. The largest absolute Gasteiger partial charge is 0.497 e. The van der Waals surface area contributed by atoms with Crippen molar-refractivity contribution in [1.82, 2.24) is 0 Å². The number of nitro benzene ring substituents is 1. The fourth-order valence-corrected chi connectivity index (χ4v) is 1.81. The van der Waals surface area contributed by atoms with Crippen molar-refractivity contribution in [3.63, 3.8) is 0 Å². The van der Waals surface area contributed by atoms with Gasteiger partial charge < -0.3 is 14.9 Å². The SMILES string of the molecule is COc1cccc(OCc2ccc([N+](=O)[O-])c(NN)c2)c1. The number of hydrogen-bond donors (Lipinski definition) is 2. The summed E-state index contributed by atoms with van der Waals surface area (Å²) in [7, 11) is 1.58. The Hall–Kier alpha value is -2.80. The van der Waals surface area contributed by atoms with Crippen molar-refractivity contribution in [1.29, 1.82) is 0 Å². The van der Waals surface area contributed by atoms with Crippen LogP contribution in [0.5, 0.6) is 11.5 Å². The first-order valence-electron chi connectivity index (χ1n) is 6.15. The van der Waals surface area contributed by atoms with Crippen molar-refractivity contribution in [2.75, 3.05) is 12.5 Å². The lowest BCUT2D eigenvalue weighted by Gasteiger charge is -2.09. The monoisotopic (exact) mass is 289 g/mol. The Balaban J connectivity index is 2.11. The number of hydrazine groups is 1. The lowest BCUT2D eigenvalue weighted by Crippen LogP contribution is -2.09. The number of benzene rings is 2. The second-order valence-corrected chi connectivity index (χ2v) is 4.22. The average molecular weight is 289 g/mol. The van der Waals surface area contributed by atoms with Gasteiger partial charge in [-0.1, -0.05) is 6.07 Å². The molecule has 0 aliphatic heterocycles. The zero-order valence-corrected chi connectivity index (χ0v) is 11.4. The van der Waals surface area contributed by atoms with Gasteiger partial charge in [-0.2, -0.15) is 0 Å². The minimum absolute atomic E-state index is 0.0809. The van der Waals surface area contributed by atoms with E-state index >= 15 is 0 Å². The molecule has 0 radical (unpaired) electrons. The molecule has 110 valence electrons. The normalized spacial score (nSPS) is 10.0. The van der Waals surface area contributed by atoms with Crippen LogP contribution >= 0.6 is 0 Å². The Kier molecular flexibility index (Phi) is 4.57. The first-order chi connectivity index (χ1) is 10.1. The molecule has 2 rings (SSSR count). The van der Waals surface area contributed by atoms with Crippen LogP contribution in [0.15, 0.2) is 42.5 Å². The van der Waals surface area contributed by atoms with Crippen LogP contribution in [0.1, 0.15) is 5.56 Å². The second kappa shape index (κ2) is 6.58. The molecule has 7 nitrogen and oxygen atoms in total. The number of nitrogens with zero attached hydrogens (tertiary/aromatic N) is 1. The van der Waals surface area contributed by atoms with Crippen molar-refractivity contribution >= 4 is 11.4 Å². The fraction of sp³-hybridized carbons (Fsp3) is 0.143. The van der Waals surface area contributed by atoms with E-state index in [1.54, 1.807) is 31.4 Å². The highest BCUT2D eigenvalue weighted by Crippen LogP contribution is 2.25. The van der Waals surface area contributed by atoms with Crippen LogP contribution in [0, 0.1) is 10.1 Å². The van der Waals surface area contributed by atoms with Gasteiger partial charge >= 0.3 is 0 Å². The summed E-state index contributed by atoms with van der Waals surface area (Å²) in [5.74, 6) is 6.63. The molecule has 0 saturated carbocycles. The minimum atomic E-state index is -0.498. The van der Waals surface area contributed by atoms with Crippen molar-refractivity contribution < 1.29 is 14.4 Å². The number of nitrogen functional groups attached to an aromatic ring is 1. The summed E-state index contributed by atoms with van der Waals surface area (Å²) in [5.41, 5.74) is 3.24. The highest BCUT2D eigenvalue weighted by atomic mass is 16.6. The topological polar surface area (TPSA) is 99.6 Å². The number of nitrogens with one attached hydrogen (secondary N) is 1. The summed E-state index contributed by atoms with van der Waals surface area (Å²) in [6.07, 6.45) is 0. The van der Waals surface area contributed by atoms with Crippen molar-refractivity contribution in [2.45, 2.75) is 6.61 Å². The molecule has 0 aliphatic carbocycles. The summed E-state index contributed by atoms with van der Waals surface area (Å²) in [4.78, 5) is 10.3. The van der Waals surface area contributed by atoms with Crippen LogP contribution in [-0.4, -0.2) is 12.0 Å². The average Bonchev–Trinajstić information content (AvgIpc) is 2.52. The summed E-state index contributed by atoms with van der Waals surface area (Å²) in [6, 6.07) is 11.8. The lowest BCUT2D eigenvalue weighted by molar-refractivity contribution is -0.384. The summed E-state index contributed by atoms with van der Waals surface area (Å²) < 4.78 is 10.7. The van der Waals surface area contributed by atoms with Crippen LogP contribution in [0.25, 0.3) is 0 Å². The Morgan fingerprint density at radius 1 is 1.24 bits per heavy atom. The van der Waals surface area contributed by atoms with Crippen LogP contribution in [-0.2, 0) is 6.61 Å². The lowest BCUT2D eigenvalue weighted by atomic mass is 10.2. The molecule has 0 bridgehead atoms. The number of hydrogen-bond acceptors (Lipinski definition) is 6. The Bertz CT molecular complexity index is 646. The maximum absolute atomic E-state index is 10.8. The number of ether oxygens (including phenoxy) is 2. The van der Waals surface area contributed by atoms with E-state index in [0.29, 0.717) is 11.5 Å². The number of nitro groups is 1. The third kappa shape index (κ3) is 3.61. The predicted molar refractivity (Wildman–Crippen MR) is 78.2 cm³/mol. The van der Waals surface area contributed by atoms with Gasteiger partial charge in [-0.05, 0) is 29.8 Å². The molecule has 0 atom stereocenters. The molecular formula is C14H15N3O4. The number of methoxy groups -OCH3 is 1. The smallest absolute Gasteiger partial charge is 0.293 e. The zero-order valence-electron chi connectivity index (χ0n) is 11.4. The predicted octanol–water partition coefficient (Wildman–Crippen LogP) is 2.47. The molecule has 0 aromatic heterocycles. The third-order valence-corrected chi connectivity index (χ3v) is 2.86. The zero-order chi connectivity index (χ0) is 15.2. The van der Waals surface area contributed by atoms with Crippen LogP contribution in [0.3, 0.4) is 0 Å². The van der Waals surface area contributed by atoms with E-state index in [1.807, 2.05) is 12.1 Å². The van der Waals surface area contributed by atoms with Gasteiger partial charge in [0, 0.05) is 12.1 Å². The summed E-state index contributed by atoms with van der Waals surface area (Å²) in [5, 5.41) is 10.8. The molecule has 2 aromatic rings. The standard InChI is InChI=1S/C14H15N3O4/c1-20-11-3-2-4-12(8-11)21-9-10-5-6-14(17(18)19)13(7-10)16-15/h2-8,16H,9,15H2,1H3. The molecule has 0 aliphatic rings. The molecule has 0 amide bonds. The quantitative estimate of drug-likeness (QED) is 0.481. The van der Waals surface area contributed by atoms with Crippen molar-refractivity contribution in [3.05, 3.63) is 58.1 Å². The fourth-order valence-electron chi connectivity index (χ4n) is 1.81. The van der Waals surface area contributed by atoms with Gasteiger partial charge in [0.25, 0.3) is 5.69 Å². The minimum Gasteiger partial charge on any atom is -0.497 e. The van der Waals surface area contributed by atoms with E-state index in [9.17, 15) is 10.1 Å². The van der Waals surface area contributed by atoms with E-state index in [-0.39, 0.29) is 18.0 Å². The van der Waals surface area contributed by atoms with Gasteiger partial charge in [-0.3, -0.25) is 16.0 Å². The summed E-state index contributed by atoms with van der Waals surface area (Å²) in [6.45, 7) is 0.264. The van der Waals surface area contributed by atoms with Gasteiger partial charge in [0.05, 0.1) is 12.0 Å². The van der Waals surface area contributed by atoms with Gasteiger partial charge in [-0.15, -0.1) is 0 Å². The van der Waals surface area contributed by atoms with Crippen LogP contribution in [0.2, 0.25) is 0 Å². The molecule has 0 saturated heterocycles. The van der Waals surface area contributed by atoms with Gasteiger partial charge in [0.2, 0.25) is 0 Å². The van der Waals surface area contributed by atoms with Crippen LogP contribution in [0.4, 0.5) is 11.4 Å².